The molecule has 0 amide bonds. The number of carbonyl (C=O) groups is 2. The van der Waals surface area contributed by atoms with Gasteiger partial charge in [0.05, 0.1) is 16.8 Å². The van der Waals surface area contributed by atoms with Crippen LogP contribution in [0.5, 0.6) is 0 Å². The summed E-state index contributed by atoms with van der Waals surface area (Å²) in [5.74, 6) is -2.29. The second kappa shape index (κ2) is 11.5. The lowest BCUT2D eigenvalue weighted by Crippen LogP contribution is -2.25. The van der Waals surface area contributed by atoms with E-state index in [4.69, 9.17) is 20.4 Å². The molecule has 2 atom stereocenters. The van der Waals surface area contributed by atoms with E-state index in [1.54, 1.807) is 0 Å². The van der Waals surface area contributed by atoms with Crippen molar-refractivity contribution in [3.63, 3.8) is 0 Å². The van der Waals surface area contributed by atoms with Crippen molar-refractivity contribution >= 4 is 28.8 Å². The van der Waals surface area contributed by atoms with Gasteiger partial charge in [-0.3, -0.25) is 0 Å². The van der Waals surface area contributed by atoms with Gasteiger partial charge in [-0.25, -0.2) is 9.59 Å². The lowest BCUT2D eigenvalue weighted by atomic mass is 9.89. The maximum atomic E-state index is 10.1. The van der Waals surface area contributed by atoms with Gasteiger partial charge >= 0.3 is 11.9 Å². The summed E-state index contributed by atoms with van der Waals surface area (Å²) in [4.78, 5) is 20.3. The Morgan fingerprint density at radius 1 is 0.727 bits per heavy atom. The molecule has 0 aliphatic carbocycles. The quantitative estimate of drug-likeness (QED) is 0.513. The highest BCUT2D eigenvalue weighted by molar-refractivity contribution is 5.76. The van der Waals surface area contributed by atoms with Crippen molar-refractivity contribution in [3.05, 3.63) is 0 Å². The van der Waals surface area contributed by atoms with Gasteiger partial charge in [0.1, 0.15) is 0 Å². The van der Waals surface area contributed by atoms with Crippen molar-refractivity contribution < 1.29 is 30.0 Å². The number of carboxylic acid groups (broad SMARTS) is 2. The monoisotopic (exact) mass is 320 g/mol. The molecule has 0 fully saturated rings. The SMILES string of the molecule is B.B.CC(C)(C)CC(O)C(=O)O.CC(C)(C)CC(O)C(=O)O. The lowest BCUT2D eigenvalue weighted by Gasteiger charge is -2.19. The van der Waals surface area contributed by atoms with Crippen LogP contribution in [0.3, 0.4) is 0 Å². The van der Waals surface area contributed by atoms with Crippen molar-refractivity contribution in [3.8, 4) is 0 Å². The van der Waals surface area contributed by atoms with Crippen LogP contribution in [0.15, 0.2) is 0 Å². The van der Waals surface area contributed by atoms with Gasteiger partial charge in [-0.05, 0) is 23.7 Å². The summed E-state index contributed by atoms with van der Waals surface area (Å²) in [5, 5.41) is 34.3. The molecule has 0 bridgehead atoms. The van der Waals surface area contributed by atoms with E-state index in [0.29, 0.717) is 12.8 Å². The van der Waals surface area contributed by atoms with E-state index in [1.165, 1.54) is 0 Å². The molecule has 0 saturated heterocycles. The molecule has 0 aliphatic rings. The van der Waals surface area contributed by atoms with Crippen LogP contribution in [-0.2, 0) is 9.59 Å². The lowest BCUT2D eigenvalue weighted by molar-refractivity contribution is -0.148. The minimum Gasteiger partial charge on any atom is -0.479 e. The van der Waals surface area contributed by atoms with E-state index in [1.807, 2.05) is 41.5 Å². The minimum absolute atomic E-state index is 0. The summed E-state index contributed by atoms with van der Waals surface area (Å²) < 4.78 is 0. The topological polar surface area (TPSA) is 115 Å². The molecular weight excluding hydrogens is 286 g/mol. The fourth-order valence-electron chi connectivity index (χ4n) is 1.33. The number of hydrogen-bond acceptors (Lipinski definition) is 4. The highest BCUT2D eigenvalue weighted by Gasteiger charge is 2.22. The van der Waals surface area contributed by atoms with Crippen molar-refractivity contribution in [1.82, 2.24) is 0 Å². The third kappa shape index (κ3) is 21.3. The first kappa shape index (κ1) is 29.1. The maximum Gasteiger partial charge on any atom is 0.332 e. The number of aliphatic carboxylic acids is 2. The average Bonchev–Trinajstić information content (AvgIpc) is 2.12. The summed E-state index contributed by atoms with van der Waals surface area (Å²) in [6, 6.07) is 0. The van der Waals surface area contributed by atoms with Gasteiger partial charge in [-0.15, -0.1) is 0 Å². The Morgan fingerprint density at radius 3 is 0.955 bits per heavy atom. The second-order valence-corrected chi connectivity index (χ2v) is 7.24. The van der Waals surface area contributed by atoms with Crippen LogP contribution in [0, 0.1) is 10.8 Å². The molecule has 0 aromatic rings. The zero-order valence-corrected chi connectivity index (χ0v) is 13.2. The van der Waals surface area contributed by atoms with E-state index in [2.05, 4.69) is 0 Å². The fraction of sp³-hybridized carbons (Fsp3) is 0.857. The maximum absolute atomic E-state index is 10.1. The summed E-state index contributed by atoms with van der Waals surface area (Å²) in [6.45, 7) is 11.3. The molecule has 0 aliphatic heterocycles. The van der Waals surface area contributed by atoms with Gasteiger partial charge in [0.15, 0.2) is 12.2 Å². The van der Waals surface area contributed by atoms with Gasteiger partial charge < -0.3 is 20.4 Å². The van der Waals surface area contributed by atoms with E-state index in [0.717, 1.165) is 0 Å². The molecule has 132 valence electrons. The molecule has 6 nitrogen and oxygen atoms in total. The summed E-state index contributed by atoms with van der Waals surface area (Å²) in [5.41, 5.74) is -0.254. The predicted molar refractivity (Wildman–Crippen MR) is 95.3 cm³/mol. The van der Waals surface area contributed by atoms with E-state index < -0.39 is 24.1 Å². The van der Waals surface area contributed by atoms with Gasteiger partial charge in [0.25, 0.3) is 0 Å². The highest BCUT2D eigenvalue weighted by Crippen LogP contribution is 2.21. The third-order valence-electron chi connectivity index (χ3n) is 2.18. The molecule has 4 N–H and O–H groups in total. The van der Waals surface area contributed by atoms with Crippen molar-refractivity contribution in [2.24, 2.45) is 10.8 Å². The van der Waals surface area contributed by atoms with Crippen LogP contribution >= 0.6 is 0 Å². The minimum atomic E-state index is -1.22. The van der Waals surface area contributed by atoms with Crippen LogP contribution in [0.4, 0.5) is 0 Å². The summed E-state index contributed by atoms with van der Waals surface area (Å²) >= 11 is 0. The summed E-state index contributed by atoms with van der Waals surface area (Å²) in [6.07, 6.45) is -1.86. The Morgan fingerprint density at radius 2 is 0.909 bits per heavy atom. The van der Waals surface area contributed by atoms with Crippen LogP contribution in [0.1, 0.15) is 54.4 Å². The Labute approximate surface area is 137 Å². The predicted octanol–water partition coefficient (Wildman–Crippen LogP) is -0.632. The Hall–Kier alpha value is -1.01. The van der Waals surface area contributed by atoms with Crippen LogP contribution in [0.25, 0.3) is 0 Å². The molecule has 2 unspecified atom stereocenters. The smallest absolute Gasteiger partial charge is 0.332 e. The van der Waals surface area contributed by atoms with E-state index in [9.17, 15) is 9.59 Å². The largest absolute Gasteiger partial charge is 0.479 e. The molecule has 8 heteroatoms. The average molecular weight is 320 g/mol. The Bertz CT molecular complexity index is 288. The number of hydrogen-bond donors (Lipinski definition) is 4. The number of aliphatic hydroxyl groups excluding tert-OH is 2. The van der Waals surface area contributed by atoms with Gasteiger partial charge in [-0.2, -0.15) is 0 Å². The van der Waals surface area contributed by atoms with E-state index >= 15 is 0 Å². The molecular formula is C14H34B2O6. The fourth-order valence-corrected chi connectivity index (χ4v) is 1.33. The number of rotatable bonds is 4. The zero-order chi connectivity index (χ0) is 16.7. The van der Waals surface area contributed by atoms with Crippen LogP contribution in [-0.4, -0.2) is 61.4 Å². The standard InChI is InChI=1S/2C7H14O3.2BH3/c2*1-7(2,3)4-5(8)6(9)10;;/h2*5,8H,4H2,1-3H3,(H,9,10);2*1H3. The molecule has 0 spiro atoms. The second-order valence-electron chi connectivity index (χ2n) is 7.24. The van der Waals surface area contributed by atoms with Crippen LogP contribution in [0.2, 0.25) is 0 Å². The number of aliphatic hydroxyl groups is 2. The normalized spacial score (nSPS) is 13.5. The van der Waals surface area contributed by atoms with Crippen molar-refractivity contribution in [2.45, 2.75) is 66.6 Å². The first-order chi connectivity index (χ1) is 8.65. The first-order valence-corrected chi connectivity index (χ1v) is 6.47. The molecule has 0 rings (SSSR count). The first-order valence-electron chi connectivity index (χ1n) is 6.47. The van der Waals surface area contributed by atoms with Crippen LogP contribution < -0.4 is 0 Å². The molecule has 0 aromatic heterocycles. The Kier molecular flexibility index (Phi) is 15.2. The summed E-state index contributed by atoms with van der Waals surface area (Å²) in [7, 11) is 0. The molecule has 22 heavy (non-hydrogen) atoms. The van der Waals surface area contributed by atoms with Crippen molar-refractivity contribution in [2.75, 3.05) is 0 Å². The van der Waals surface area contributed by atoms with Gasteiger partial charge in [0, 0.05) is 0 Å². The zero-order valence-electron chi connectivity index (χ0n) is 13.2. The van der Waals surface area contributed by atoms with Gasteiger partial charge in [0.2, 0.25) is 0 Å². The van der Waals surface area contributed by atoms with Crippen molar-refractivity contribution in [1.29, 1.82) is 0 Å². The molecule has 0 heterocycles. The molecule has 0 aromatic carbocycles. The Balaban J connectivity index is -0.000000135. The highest BCUT2D eigenvalue weighted by atomic mass is 16.4. The molecule has 0 saturated carbocycles. The number of carboxylic acids is 2. The van der Waals surface area contributed by atoms with Gasteiger partial charge in [-0.1, -0.05) is 41.5 Å². The van der Waals surface area contributed by atoms with E-state index in [-0.39, 0.29) is 27.7 Å². The third-order valence-corrected chi connectivity index (χ3v) is 2.18. The molecule has 0 radical (unpaired) electrons.